The van der Waals surface area contributed by atoms with Crippen LogP contribution in [0.15, 0.2) is 6.07 Å². The fourth-order valence-electron chi connectivity index (χ4n) is 2.09. The molecule has 1 aromatic heterocycles. The topological polar surface area (TPSA) is 47.3 Å². The van der Waals surface area contributed by atoms with Gasteiger partial charge in [0.25, 0.3) is 0 Å². The molecule has 1 rings (SSSR count). The van der Waals surface area contributed by atoms with E-state index in [0.29, 0.717) is 12.8 Å². The molecule has 0 aliphatic rings. The summed E-state index contributed by atoms with van der Waals surface area (Å²) in [4.78, 5) is 0. The van der Waals surface area contributed by atoms with Gasteiger partial charge in [-0.1, -0.05) is 6.92 Å². The number of aliphatic hydroxyl groups is 1. The number of aromatic nitrogens is 2. The standard InChI is InChI=1S/C14H26N2O2/c1-6-11-8-12(16(7-2)15-11)9-13(17)10-14(3,4)18-5/h8,13,17H,6-7,9-10H2,1-5H3. The fraction of sp³-hybridized carbons (Fsp3) is 0.786. The Hall–Kier alpha value is -0.870. The Morgan fingerprint density at radius 3 is 2.61 bits per heavy atom. The van der Waals surface area contributed by atoms with Crippen LogP contribution in [0.4, 0.5) is 0 Å². The van der Waals surface area contributed by atoms with E-state index >= 15 is 0 Å². The Labute approximate surface area is 110 Å². The highest BCUT2D eigenvalue weighted by atomic mass is 16.5. The van der Waals surface area contributed by atoms with E-state index in [1.165, 1.54) is 0 Å². The molecule has 0 aliphatic carbocycles. The van der Waals surface area contributed by atoms with Crippen LogP contribution in [0.5, 0.6) is 0 Å². The van der Waals surface area contributed by atoms with Crippen LogP contribution in [0.1, 0.15) is 45.5 Å². The Bertz CT molecular complexity index is 372. The molecule has 1 unspecified atom stereocenters. The summed E-state index contributed by atoms with van der Waals surface area (Å²) < 4.78 is 7.32. The molecule has 1 aromatic rings. The second kappa shape index (κ2) is 6.34. The lowest BCUT2D eigenvalue weighted by atomic mass is 9.98. The minimum Gasteiger partial charge on any atom is -0.393 e. The first-order valence-corrected chi connectivity index (χ1v) is 6.70. The van der Waals surface area contributed by atoms with Gasteiger partial charge in [0.2, 0.25) is 0 Å². The van der Waals surface area contributed by atoms with Crippen molar-refractivity contribution in [2.45, 2.75) is 65.2 Å². The van der Waals surface area contributed by atoms with Gasteiger partial charge in [-0.2, -0.15) is 5.10 Å². The zero-order chi connectivity index (χ0) is 13.8. The lowest BCUT2D eigenvalue weighted by Gasteiger charge is -2.25. The van der Waals surface area contributed by atoms with Crippen LogP contribution in [-0.4, -0.2) is 33.7 Å². The number of methoxy groups -OCH3 is 1. The fourth-order valence-corrected chi connectivity index (χ4v) is 2.09. The maximum Gasteiger partial charge on any atom is 0.0647 e. The predicted octanol–water partition coefficient (Wildman–Crippen LogP) is 2.18. The monoisotopic (exact) mass is 254 g/mol. The van der Waals surface area contributed by atoms with Gasteiger partial charge < -0.3 is 9.84 Å². The van der Waals surface area contributed by atoms with Crippen LogP contribution in [-0.2, 0) is 24.1 Å². The molecule has 0 radical (unpaired) electrons. The third kappa shape index (κ3) is 4.10. The molecule has 104 valence electrons. The van der Waals surface area contributed by atoms with Gasteiger partial charge in [-0.3, -0.25) is 4.68 Å². The van der Waals surface area contributed by atoms with E-state index < -0.39 is 6.10 Å². The van der Waals surface area contributed by atoms with Gasteiger partial charge in [-0.05, 0) is 33.3 Å². The molecular weight excluding hydrogens is 228 g/mol. The molecule has 0 fully saturated rings. The molecule has 0 bridgehead atoms. The van der Waals surface area contributed by atoms with Crippen molar-refractivity contribution in [3.63, 3.8) is 0 Å². The van der Waals surface area contributed by atoms with E-state index in [9.17, 15) is 5.11 Å². The molecule has 1 atom stereocenters. The first-order valence-electron chi connectivity index (χ1n) is 6.70. The summed E-state index contributed by atoms with van der Waals surface area (Å²) >= 11 is 0. The Morgan fingerprint density at radius 1 is 1.44 bits per heavy atom. The molecule has 4 nitrogen and oxygen atoms in total. The summed E-state index contributed by atoms with van der Waals surface area (Å²) in [6, 6.07) is 2.09. The highest BCUT2D eigenvalue weighted by Crippen LogP contribution is 2.18. The maximum absolute atomic E-state index is 10.2. The van der Waals surface area contributed by atoms with E-state index in [1.807, 2.05) is 18.5 Å². The van der Waals surface area contributed by atoms with E-state index in [1.54, 1.807) is 7.11 Å². The summed E-state index contributed by atoms with van der Waals surface area (Å²) in [7, 11) is 1.68. The third-order valence-electron chi connectivity index (χ3n) is 3.30. The van der Waals surface area contributed by atoms with Crippen molar-refractivity contribution in [2.24, 2.45) is 0 Å². The summed E-state index contributed by atoms with van der Waals surface area (Å²) in [5.41, 5.74) is 1.91. The molecule has 0 amide bonds. The van der Waals surface area contributed by atoms with Gasteiger partial charge in [0.05, 0.1) is 17.4 Å². The van der Waals surface area contributed by atoms with Crippen LogP contribution >= 0.6 is 0 Å². The average molecular weight is 254 g/mol. The predicted molar refractivity (Wildman–Crippen MR) is 72.7 cm³/mol. The van der Waals surface area contributed by atoms with Gasteiger partial charge in [-0.15, -0.1) is 0 Å². The minimum absolute atomic E-state index is 0.288. The van der Waals surface area contributed by atoms with Gasteiger partial charge in [-0.25, -0.2) is 0 Å². The second-order valence-corrected chi connectivity index (χ2v) is 5.32. The van der Waals surface area contributed by atoms with Crippen LogP contribution in [0.25, 0.3) is 0 Å². The molecule has 18 heavy (non-hydrogen) atoms. The van der Waals surface area contributed by atoms with Crippen molar-refractivity contribution in [1.82, 2.24) is 9.78 Å². The zero-order valence-electron chi connectivity index (χ0n) is 12.2. The summed E-state index contributed by atoms with van der Waals surface area (Å²) in [5, 5.41) is 14.6. The molecule has 0 aromatic carbocycles. The van der Waals surface area contributed by atoms with Crippen molar-refractivity contribution in [3.05, 3.63) is 17.5 Å². The van der Waals surface area contributed by atoms with Gasteiger partial charge >= 0.3 is 0 Å². The van der Waals surface area contributed by atoms with Crippen molar-refractivity contribution in [3.8, 4) is 0 Å². The quantitative estimate of drug-likeness (QED) is 0.811. The van der Waals surface area contributed by atoms with Crippen molar-refractivity contribution in [1.29, 1.82) is 0 Å². The first kappa shape index (κ1) is 15.2. The lowest BCUT2D eigenvalue weighted by molar-refractivity contribution is -0.0194. The summed E-state index contributed by atoms with van der Waals surface area (Å²) in [5.74, 6) is 0. The van der Waals surface area contributed by atoms with Crippen LogP contribution < -0.4 is 0 Å². The van der Waals surface area contributed by atoms with Gasteiger partial charge in [0.15, 0.2) is 0 Å². The average Bonchev–Trinajstić information content (AvgIpc) is 2.70. The SMILES string of the molecule is CCc1cc(CC(O)CC(C)(C)OC)n(CC)n1. The number of hydrogen-bond donors (Lipinski definition) is 1. The number of aryl methyl sites for hydroxylation is 2. The highest BCUT2D eigenvalue weighted by Gasteiger charge is 2.22. The molecule has 0 saturated carbocycles. The number of ether oxygens (including phenoxy) is 1. The van der Waals surface area contributed by atoms with Crippen LogP contribution in [0.2, 0.25) is 0 Å². The van der Waals surface area contributed by atoms with Crippen molar-refractivity contribution >= 4 is 0 Å². The van der Waals surface area contributed by atoms with Crippen LogP contribution in [0, 0.1) is 0 Å². The van der Waals surface area contributed by atoms with E-state index in [2.05, 4.69) is 25.0 Å². The summed E-state index contributed by atoms with van der Waals surface area (Å²) in [6.07, 6.45) is 1.79. The van der Waals surface area contributed by atoms with E-state index in [0.717, 1.165) is 24.4 Å². The molecule has 0 saturated heterocycles. The highest BCUT2D eigenvalue weighted by molar-refractivity contribution is 5.11. The number of rotatable bonds is 7. The minimum atomic E-state index is -0.397. The van der Waals surface area contributed by atoms with Gasteiger partial charge in [0.1, 0.15) is 0 Å². The van der Waals surface area contributed by atoms with E-state index in [4.69, 9.17) is 4.74 Å². The molecule has 1 heterocycles. The Kier molecular flexibility index (Phi) is 5.35. The lowest BCUT2D eigenvalue weighted by Crippen LogP contribution is -2.30. The molecule has 0 aliphatic heterocycles. The Balaban J connectivity index is 2.69. The zero-order valence-corrected chi connectivity index (χ0v) is 12.2. The van der Waals surface area contributed by atoms with Crippen molar-refractivity contribution in [2.75, 3.05) is 7.11 Å². The number of hydrogen-bond acceptors (Lipinski definition) is 3. The second-order valence-electron chi connectivity index (χ2n) is 5.32. The molecular formula is C14H26N2O2. The third-order valence-corrected chi connectivity index (χ3v) is 3.30. The largest absolute Gasteiger partial charge is 0.393 e. The molecule has 1 N–H and O–H groups in total. The van der Waals surface area contributed by atoms with E-state index in [-0.39, 0.29) is 5.60 Å². The maximum atomic E-state index is 10.2. The first-order chi connectivity index (χ1) is 8.41. The number of nitrogens with zero attached hydrogens (tertiary/aromatic N) is 2. The smallest absolute Gasteiger partial charge is 0.0647 e. The Morgan fingerprint density at radius 2 is 2.11 bits per heavy atom. The van der Waals surface area contributed by atoms with Crippen molar-refractivity contribution < 1.29 is 9.84 Å². The molecule has 4 heteroatoms. The van der Waals surface area contributed by atoms with Crippen LogP contribution in [0.3, 0.4) is 0 Å². The molecule has 0 spiro atoms. The van der Waals surface area contributed by atoms with Gasteiger partial charge in [0, 0.05) is 32.2 Å². The normalized spacial score (nSPS) is 13.9. The summed E-state index contributed by atoms with van der Waals surface area (Å²) in [6.45, 7) is 8.99. The number of aliphatic hydroxyl groups excluding tert-OH is 1.